The number of ether oxygens (including phenoxy) is 1. The van der Waals surface area contributed by atoms with Crippen LogP contribution in [0.2, 0.25) is 0 Å². The molecule has 0 aliphatic carbocycles. The zero-order chi connectivity index (χ0) is 38.2. The molecule has 0 heterocycles. The van der Waals surface area contributed by atoms with Gasteiger partial charge in [0, 0.05) is 23.8 Å². The van der Waals surface area contributed by atoms with Gasteiger partial charge in [-0.3, -0.25) is 0 Å². The Labute approximate surface area is 329 Å². The lowest BCUT2D eigenvalue weighted by molar-refractivity contribution is 0.341. The Kier molecular flexibility index (Phi) is 12.6. The molecule has 0 atom stereocenters. The number of nitrogens with zero attached hydrogens (tertiary/aromatic N) is 5. The zero-order valence-electron chi connectivity index (χ0n) is 31.3. The summed E-state index contributed by atoms with van der Waals surface area (Å²) in [5, 5.41) is 13.4. The van der Waals surface area contributed by atoms with Gasteiger partial charge in [-0.2, -0.15) is 10.2 Å². The fourth-order valence-corrected chi connectivity index (χ4v) is 6.18. The van der Waals surface area contributed by atoms with Gasteiger partial charge >= 0.3 is 0 Å². The molecule has 0 N–H and O–H groups in total. The van der Waals surface area contributed by atoms with E-state index in [0.717, 1.165) is 56.7 Å². The first-order chi connectivity index (χ1) is 27.8. The molecule has 0 fully saturated rings. The molecule has 274 valence electrons. The first-order valence-electron chi connectivity index (χ1n) is 18.7. The van der Waals surface area contributed by atoms with Crippen LogP contribution in [0.4, 0.5) is 39.8 Å². The van der Waals surface area contributed by atoms with Crippen LogP contribution in [0.1, 0.15) is 18.1 Å². The van der Waals surface area contributed by atoms with Gasteiger partial charge in [-0.1, -0.05) is 121 Å². The van der Waals surface area contributed by atoms with E-state index in [1.54, 1.807) is 0 Å². The van der Waals surface area contributed by atoms with E-state index in [2.05, 4.69) is 120 Å². The second-order valence-electron chi connectivity index (χ2n) is 12.6. The lowest BCUT2D eigenvalue weighted by Gasteiger charge is -2.27. The predicted octanol–water partition coefficient (Wildman–Crippen LogP) is 13.2. The van der Waals surface area contributed by atoms with Crippen LogP contribution in [0.15, 0.2) is 216 Å². The Morgan fingerprint density at radius 2 is 0.768 bits per heavy atom. The molecule has 0 bridgehead atoms. The van der Waals surface area contributed by atoms with Crippen LogP contribution < -0.4 is 19.7 Å². The monoisotopic (exact) mass is 729 g/mol. The summed E-state index contributed by atoms with van der Waals surface area (Å²) in [5.74, 6) is 0.818. The minimum Gasteiger partial charge on any atom is -0.492 e. The quantitative estimate of drug-likeness (QED) is 0.0778. The molecule has 6 heteroatoms. The van der Waals surface area contributed by atoms with Gasteiger partial charge in [0.15, 0.2) is 0 Å². The topological polar surface area (TPSA) is 43.7 Å². The van der Waals surface area contributed by atoms with Crippen molar-refractivity contribution in [1.82, 2.24) is 0 Å². The van der Waals surface area contributed by atoms with Crippen molar-refractivity contribution in [2.45, 2.75) is 6.92 Å². The summed E-state index contributed by atoms with van der Waals surface area (Å²) < 4.78 is 6.10. The van der Waals surface area contributed by atoms with Crippen LogP contribution in [0.25, 0.3) is 12.2 Å². The first kappa shape index (κ1) is 36.9. The van der Waals surface area contributed by atoms with E-state index in [-0.39, 0.29) is 0 Å². The van der Waals surface area contributed by atoms with E-state index < -0.39 is 0 Å². The van der Waals surface area contributed by atoms with Crippen molar-refractivity contribution in [3.63, 3.8) is 0 Å². The molecule has 0 saturated carbocycles. The second-order valence-corrected chi connectivity index (χ2v) is 12.6. The Hall–Kier alpha value is -7.44. The molecule has 0 aromatic heterocycles. The van der Waals surface area contributed by atoms with Crippen molar-refractivity contribution in [3.8, 4) is 5.75 Å². The van der Waals surface area contributed by atoms with E-state index in [0.29, 0.717) is 6.61 Å². The summed E-state index contributed by atoms with van der Waals surface area (Å²) >= 11 is 0. The Bertz CT molecular complexity index is 2130. The van der Waals surface area contributed by atoms with E-state index in [4.69, 9.17) is 14.9 Å². The standard InChI is InChI=1S/C50H43N5O/c1-2-56-50-30-16-15-29-49(50)53(43-35-31-41(32-36-43)19-17-39-51-54(45-21-7-3-8-22-45)46-23-9-4-10-24-46)44-37-33-42(34-38-44)20-18-40-52-55(47-25-11-5-12-26-47)48-27-13-6-14-28-48/h3-40H,2H2,1H3/b19-17+,20-18+,51-39+,52-40+. The van der Waals surface area contributed by atoms with Crippen LogP contribution in [0.5, 0.6) is 5.75 Å². The average Bonchev–Trinajstić information content (AvgIpc) is 3.27. The number of hydrogen-bond donors (Lipinski definition) is 0. The Balaban J connectivity index is 1.10. The highest BCUT2D eigenvalue weighted by Crippen LogP contribution is 2.40. The fraction of sp³-hybridized carbons (Fsp3) is 0.0400. The van der Waals surface area contributed by atoms with Crippen LogP contribution in [0.3, 0.4) is 0 Å². The Morgan fingerprint density at radius 1 is 0.411 bits per heavy atom. The van der Waals surface area contributed by atoms with Crippen molar-refractivity contribution in [3.05, 3.63) is 217 Å². The van der Waals surface area contributed by atoms with Gasteiger partial charge in [0.25, 0.3) is 0 Å². The predicted molar refractivity (Wildman–Crippen MR) is 237 cm³/mol. The largest absolute Gasteiger partial charge is 0.492 e. The number of allylic oxidation sites excluding steroid dienone is 2. The van der Waals surface area contributed by atoms with E-state index >= 15 is 0 Å². The highest BCUT2D eigenvalue weighted by molar-refractivity contribution is 5.84. The summed E-state index contributed by atoms with van der Waals surface area (Å²) in [4.78, 5) is 2.23. The number of para-hydroxylation sites is 6. The number of rotatable bonds is 15. The number of benzene rings is 7. The summed E-state index contributed by atoms with van der Waals surface area (Å²) in [6.07, 6.45) is 11.7. The van der Waals surface area contributed by atoms with Crippen LogP contribution in [-0.4, -0.2) is 19.0 Å². The van der Waals surface area contributed by atoms with Gasteiger partial charge in [0.2, 0.25) is 0 Å². The maximum atomic E-state index is 6.10. The van der Waals surface area contributed by atoms with Gasteiger partial charge in [-0.05, 0) is 115 Å². The maximum absolute atomic E-state index is 6.10. The molecule has 0 saturated heterocycles. The van der Waals surface area contributed by atoms with Gasteiger partial charge in [-0.15, -0.1) is 0 Å². The SMILES string of the molecule is CCOc1ccccc1N(c1ccc(/C=C/C=N/N(c2ccccc2)c2ccccc2)cc1)c1ccc(/C=C/C=N/N(c2ccccc2)c2ccccc2)cc1. The van der Waals surface area contributed by atoms with Gasteiger partial charge in [0.05, 0.1) is 35.0 Å². The molecule has 0 aliphatic rings. The van der Waals surface area contributed by atoms with Gasteiger partial charge in [0.1, 0.15) is 5.75 Å². The average molecular weight is 730 g/mol. The lowest BCUT2D eigenvalue weighted by Crippen LogP contribution is -2.11. The minimum absolute atomic E-state index is 0.569. The molecule has 7 aromatic carbocycles. The third-order valence-corrected chi connectivity index (χ3v) is 8.83. The molecule has 0 aliphatic heterocycles. The summed E-state index contributed by atoms with van der Waals surface area (Å²) in [5.41, 5.74) is 9.08. The molecular weight excluding hydrogens is 687 g/mol. The normalized spacial score (nSPS) is 11.4. The van der Waals surface area contributed by atoms with Gasteiger partial charge in [-0.25, -0.2) is 10.0 Å². The molecule has 56 heavy (non-hydrogen) atoms. The van der Waals surface area contributed by atoms with Gasteiger partial charge < -0.3 is 9.64 Å². The van der Waals surface area contributed by atoms with Crippen LogP contribution >= 0.6 is 0 Å². The van der Waals surface area contributed by atoms with Crippen molar-refractivity contribution in [1.29, 1.82) is 0 Å². The van der Waals surface area contributed by atoms with E-state index in [9.17, 15) is 0 Å². The molecular formula is C50H43N5O. The zero-order valence-corrected chi connectivity index (χ0v) is 31.3. The lowest BCUT2D eigenvalue weighted by atomic mass is 10.1. The molecule has 0 radical (unpaired) electrons. The number of hydrogen-bond acceptors (Lipinski definition) is 6. The molecule has 0 unspecified atom stereocenters. The third kappa shape index (κ3) is 9.56. The van der Waals surface area contributed by atoms with E-state index in [1.807, 2.05) is 133 Å². The highest BCUT2D eigenvalue weighted by atomic mass is 16.5. The Morgan fingerprint density at radius 3 is 1.14 bits per heavy atom. The minimum atomic E-state index is 0.569. The first-order valence-corrected chi connectivity index (χ1v) is 18.7. The molecule has 7 rings (SSSR count). The number of anilines is 7. The fourth-order valence-electron chi connectivity index (χ4n) is 6.18. The van der Waals surface area contributed by atoms with E-state index in [1.165, 1.54) is 0 Å². The van der Waals surface area contributed by atoms with Crippen LogP contribution in [-0.2, 0) is 0 Å². The number of hydrazone groups is 2. The van der Waals surface area contributed by atoms with Crippen molar-refractivity contribution in [2.75, 3.05) is 21.5 Å². The second kappa shape index (κ2) is 19.1. The third-order valence-electron chi connectivity index (χ3n) is 8.83. The molecule has 0 amide bonds. The molecule has 6 nitrogen and oxygen atoms in total. The summed E-state index contributed by atoms with van der Waals surface area (Å²) in [6.45, 7) is 2.58. The van der Waals surface area contributed by atoms with Crippen molar-refractivity contribution in [2.24, 2.45) is 10.2 Å². The van der Waals surface area contributed by atoms with Crippen LogP contribution in [0, 0.1) is 0 Å². The van der Waals surface area contributed by atoms with Crippen molar-refractivity contribution < 1.29 is 4.74 Å². The van der Waals surface area contributed by atoms with Crippen molar-refractivity contribution >= 4 is 64.4 Å². The molecule has 0 spiro atoms. The summed E-state index contributed by atoms with van der Waals surface area (Å²) in [7, 11) is 0. The molecule has 7 aromatic rings. The maximum Gasteiger partial charge on any atom is 0.143 e. The summed E-state index contributed by atoms with van der Waals surface area (Å²) in [6, 6.07) is 65.7. The smallest absolute Gasteiger partial charge is 0.143 e. The highest BCUT2D eigenvalue weighted by Gasteiger charge is 2.17.